The molecule has 0 spiro atoms. The van der Waals surface area contributed by atoms with Gasteiger partial charge in [0.15, 0.2) is 5.13 Å². The van der Waals surface area contributed by atoms with Crippen molar-refractivity contribution in [1.29, 1.82) is 0 Å². The number of thiazole rings is 1. The van der Waals surface area contributed by atoms with Crippen molar-refractivity contribution in [2.75, 3.05) is 57.3 Å². The summed E-state index contributed by atoms with van der Waals surface area (Å²) in [5.41, 5.74) is 1.94. The lowest BCUT2D eigenvalue weighted by Gasteiger charge is -2.14. The standard InChI is InChI=1S/C22H30N4O5S/c1-4-31-13-15-5-6-18(17(11-15)20(27)23-8-10-29-2)24-21(28)19-14-32-22(25-19)26-9-7-16(12-26)30-3/h5-6,11,14,16H,4,7-10,12-13H2,1-3H3,(H,23,27)(H,24,28)/t16-/m0/s1. The summed E-state index contributed by atoms with van der Waals surface area (Å²) in [6.45, 7) is 5.24. The molecule has 9 nitrogen and oxygen atoms in total. The van der Waals surface area contributed by atoms with Gasteiger partial charge in [-0.2, -0.15) is 0 Å². The number of methoxy groups -OCH3 is 2. The first-order chi connectivity index (χ1) is 15.5. The molecular weight excluding hydrogens is 432 g/mol. The first-order valence-corrected chi connectivity index (χ1v) is 11.5. The zero-order chi connectivity index (χ0) is 22.9. The van der Waals surface area contributed by atoms with E-state index >= 15 is 0 Å². The molecule has 1 atom stereocenters. The fraction of sp³-hybridized carbons (Fsp3) is 0.500. The maximum Gasteiger partial charge on any atom is 0.275 e. The predicted octanol–water partition coefficient (Wildman–Crippen LogP) is 2.53. The maximum atomic E-state index is 12.9. The van der Waals surface area contributed by atoms with Gasteiger partial charge in [0.1, 0.15) is 5.69 Å². The van der Waals surface area contributed by atoms with Crippen molar-refractivity contribution in [3.63, 3.8) is 0 Å². The van der Waals surface area contributed by atoms with E-state index in [-0.39, 0.29) is 17.9 Å². The second kappa shape index (κ2) is 11.9. The van der Waals surface area contributed by atoms with Crippen LogP contribution in [0.2, 0.25) is 0 Å². The van der Waals surface area contributed by atoms with Gasteiger partial charge in [-0.15, -0.1) is 11.3 Å². The molecule has 0 aliphatic carbocycles. The van der Waals surface area contributed by atoms with Gasteiger partial charge in [0, 0.05) is 45.8 Å². The molecule has 1 aromatic heterocycles. The SMILES string of the molecule is CCOCc1ccc(NC(=O)c2csc(N3CC[C@H](OC)C3)n2)c(C(=O)NCCOC)c1. The van der Waals surface area contributed by atoms with Crippen LogP contribution in [0.5, 0.6) is 0 Å². The number of anilines is 2. The van der Waals surface area contributed by atoms with E-state index in [9.17, 15) is 9.59 Å². The second-order valence-corrected chi connectivity index (χ2v) is 8.16. The van der Waals surface area contributed by atoms with Crippen molar-refractivity contribution < 1.29 is 23.8 Å². The van der Waals surface area contributed by atoms with Crippen LogP contribution in [0.1, 0.15) is 39.8 Å². The van der Waals surface area contributed by atoms with E-state index in [2.05, 4.69) is 20.5 Å². The molecular formula is C22H30N4O5S. The zero-order valence-electron chi connectivity index (χ0n) is 18.7. The Morgan fingerprint density at radius 1 is 1.28 bits per heavy atom. The van der Waals surface area contributed by atoms with Gasteiger partial charge >= 0.3 is 0 Å². The van der Waals surface area contributed by atoms with Crippen LogP contribution < -0.4 is 15.5 Å². The minimum Gasteiger partial charge on any atom is -0.383 e. The van der Waals surface area contributed by atoms with Crippen molar-refractivity contribution in [1.82, 2.24) is 10.3 Å². The summed E-state index contributed by atoms with van der Waals surface area (Å²) in [7, 11) is 3.28. The normalized spacial score (nSPS) is 15.7. The van der Waals surface area contributed by atoms with Crippen LogP contribution in [0.15, 0.2) is 23.6 Å². The molecule has 1 aliphatic rings. The summed E-state index contributed by atoms with van der Waals surface area (Å²) in [6, 6.07) is 5.28. The fourth-order valence-electron chi connectivity index (χ4n) is 3.35. The summed E-state index contributed by atoms with van der Waals surface area (Å²) in [5, 5.41) is 8.15. The number of hydrogen-bond acceptors (Lipinski definition) is 8. The molecule has 1 saturated heterocycles. The highest BCUT2D eigenvalue weighted by Gasteiger charge is 2.25. The topological polar surface area (TPSA) is 102 Å². The molecule has 0 bridgehead atoms. The van der Waals surface area contributed by atoms with Gasteiger partial charge in [-0.25, -0.2) is 4.98 Å². The number of carbonyl (C=O) groups is 2. The van der Waals surface area contributed by atoms with Gasteiger partial charge < -0.3 is 29.7 Å². The highest BCUT2D eigenvalue weighted by Crippen LogP contribution is 2.26. The molecule has 1 fully saturated rings. The maximum absolute atomic E-state index is 12.9. The lowest BCUT2D eigenvalue weighted by atomic mass is 10.1. The number of rotatable bonds is 11. The third kappa shape index (κ3) is 6.26. The van der Waals surface area contributed by atoms with Crippen molar-refractivity contribution in [3.05, 3.63) is 40.4 Å². The highest BCUT2D eigenvalue weighted by molar-refractivity contribution is 7.14. The summed E-state index contributed by atoms with van der Waals surface area (Å²) in [5.74, 6) is -0.657. The third-order valence-electron chi connectivity index (χ3n) is 5.11. The highest BCUT2D eigenvalue weighted by atomic mass is 32.1. The molecule has 32 heavy (non-hydrogen) atoms. The van der Waals surface area contributed by atoms with Crippen LogP contribution in [0.3, 0.4) is 0 Å². The number of amides is 2. The van der Waals surface area contributed by atoms with Crippen LogP contribution in [-0.2, 0) is 20.8 Å². The Morgan fingerprint density at radius 2 is 2.12 bits per heavy atom. The number of hydrogen-bond donors (Lipinski definition) is 2. The van der Waals surface area contributed by atoms with E-state index in [4.69, 9.17) is 14.2 Å². The van der Waals surface area contributed by atoms with Crippen molar-refractivity contribution in [3.8, 4) is 0 Å². The summed E-state index contributed by atoms with van der Waals surface area (Å²) >= 11 is 1.42. The minimum absolute atomic E-state index is 0.186. The third-order valence-corrected chi connectivity index (χ3v) is 6.02. The Balaban J connectivity index is 1.73. The summed E-state index contributed by atoms with van der Waals surface area (Å²) < 4.78 is 15.8. The Kier molecular flexibility index (Phi) is 8.98. The molecule has 0 saturated carbocycles. The van der Waals surface area contributed by atoms with E-state index in [1.807, 2.05) is 13.0 Å². The molecule has 174 valence electrons. The van der Waals surface area contributed by atoms with Crippen LogP contribution in [0.25, 0.3) is 0 Å². The molecule has 2 aromatic rings. The molecule has 10 heteroatoms. The smallest absolute Gasteiger partial charge is 0.275 e. The van der Waals surface area contributed by atoms with E-state index in [0.717, 1.165) is 30.2 Å². The lowest BCUT2D eigenvalue weighted by molar-refractivity contribution is 0.0937. The monoisotopic (exact) mass is 462 g/mol. The van der Waals surface area contributed by atoms with Crippen molar-refractivity contribution in [2.24, 2.45) is 0 Å². The number of aromatic nitrogens is 1. The average molecular weight is 463 g/mol. The largest absolute Gasteiger partial charge is 0.383 e. The molecule has 2 N–H and O–H groups in total. The van der Waals surface area contributed by atoms with Crippen LogP contribution in [0, 0.1) is 0 Å². The van der Waals surface area contributed by atoms with E-state index in [1.165, 1.54) is 11.3 Å². The average Bonchev–Trinajstić information content (AvgIpc) is 3.48. The van der Waals surface area contributed by atoms with Crippen molar-refractivity contribution >= 4 is 34.0 Å². The molecule has 0 radical (unpaired) electrons. The minimum atomic E-state index is -0.363. The van der Waals surface area contributed by atoms with Gasteiger partial charge in [0.2, 0.25) is 0 Å². The fourth-order valence-corrected chi connectivity index (χ4v) is 4.20. The number of nitrogens with one attached hydrogen (secondary N) is 2. The zero-order valence-corrected chi connectivity index (χ0v) is 19.5. The van der Waals surface area contributed by atoms with Crippen LogP contribution >= 0.6 is 11.3 Å². The molecule has 2 heterocycles. The molecule has 1 aliphatic heterocycles. The molecule has 3 rings (SSSR count). The van der Waals surface area contributed by atoms with Gasteiger partial charge in [-0.1, -0.05) is 6.07 Å². The van der Waals surface area contributed by atoms with Crippen LogP contribution in [0.4, 0.5) is 10.8 Å². The number of ether oxygens (including phenoxy) is 3. The Bertz CT molecular complexity index is 919. The van der Waals surface area contributed by atoms with Gasteiger partial charge in [-0.05, 0) is 31.0 Å². The molecule has 1 aromatic carbocycles. The number of benzene rings is 1. The Labute approximate surface area is 192 Å². The molecule has 0 unspecified atom stereocenters. The quantitative estimate of drug-likeness (QED) is 0.495. The Morgan fingerprint density at radius 3 is 2.84 bits per heavy atom. The van der Waals surface area contributed by atoms with Gasteiger partial charge in [-0.3, -0.25) is 9.59 Å². The first kappa shape index (κ1) is 24.1. The lowest BCUT2D eigenvalue weighted by Crippen LogP contribution is -2.28. The van der Waals surface area contributed by atoms with Crippen molar-refractivity contribution in [2.45, 2.75) is 26.1 Å². The van der Waals surface area contributed by atoms with E-state index in [0.29, 0.717) is 43.3 Å². The number of carbonyl (C=O) groups excluding carboxylic acids is 2. The predicted molar refractivity (Wildman–Crippen MR) is 124 cm³/mol. The van der Waals surface area contributed by atoms with E-state index in [1.54, 1.807) is 31.7 Å². The van der Waals surface area contributed by atoms with Gasteiger partial charge in [0.05, 0.1) is 30.6 Å². The van der Waals surface area contributed by atoms with E-state index < -0.39 is 0 Å². The first-order valence-electron chi connectivity index (χ1n) is 10.6. The van der Waals surface area contributed by atoms with Gasteiger partial charge in [0.25, 0.3) is 11.8 Å². The summed E-state index contributed by atoms with van der Waals surface area (Å²) in [6.07, 6.45) is 1.12. The summed E-state index contributed by atoms with van der Waals surface area (Å²) in [4.78, 5) is 32.2. The molecule has 2 amide bonds. The Hall–Kier alpha value is -2.53. The second-order valence-electron chi connectivity index (χ2n) is 7.33. The van der Waals surface area contributed by atoms with Crippen LogP contribution in [-0.4, -0.2) is 70.0 Å². The number of nitrogens with zero attached hydrogens (tertiary/aromatic N) is 2.